The van der Waals surface area contributed by atoms with E-state index in [0.717, 1.165) is 21.4 Å². The van der Waals surface area contributed by atoms with Gasteiger partial charge in [0.05, 0.1) is 18.2 Å². The van der Waals surface area contributed by atoms with E-state index in [4.69, 9.17) is 9.47 Å². The lowest BCUT2D eigenvalue weighted by atomic mass is 9.85. The number of H-pyrrole nitrogens is 1. The number of β-amino-alcohol motifs (C(OH)–C–C–N with tert-alkyl or cyclic N) is 1. The number of aliphatic hydroxyl groups is 1. The quantitative estimate of drug-likeness (QED) is 0.321. The predicted octanol–water partition coefficient (Wildman–Crippen LogP) is 5.79. The summed E-state index contributed by atoms with van der Waals surface area (Å²) in [6, 6.07) is 14.7. The molecule has 4 aromatic rings. The number of carbonyl (C=O) groups excluding carboxylic acids is 3. The van der Waals surface area contributed by atoms with Crippen molar-refractivity contribution in [3.05, 3.63) is 71.5 Å². The van der Waals surface area contributed by atoms with Crippen molar-refractivity contribution in [2.24, 2.45) is 0 Å². The summed E-state index contributed by atoms with van der Waals surface area (Å²) < 4.78 is 12.5. The van der Waals surface area contributed by atoms with Crippen LogP contribution in [0.25, 0.3) is 21.8 Å². The molecule has 0 radical (unpaired) electrons. The van der Waals surface area contributed by atoms with Gasteiger partial charge in [-0.2, -0.15) is 0 Å². The number of aromatic amines is 1. The van der Waals surface area contributed by atoms with Gasteiger partial charge in [0.2, 0.25) is 0 Å². The Morgan fingerprint density at radius 2 is 1.49 bits per heavy atom. The van der Waals surface area contributed by atoms with Gasteiger partial charge in [-0.25, -0.2) is 19.1 Å². The fourth-order valence-electron chi connectivity index (χ4n) is 5.17. The smallest absolute Gasteiger partial charge is 0.419 e. The highest BCUT2D eigenvalue weighted by Gasteiger charge is 2.44. The van der Waals surface area contributed by atoms with Crippen LogP contribution in [0, 0.1) is 0 Å². The summed E-state index contributed by atoms with van der Waals surface area (Å²) in [5.74, 6) is -1.50. The van der Waals surface area contributed by atoms with Gasteiger partial charge in [0.15, 0.2) is 0 Å². The average Bonchev–Trinajstić information content (AvgIpc) is 3.37. The van der Waals surface area contributed by atoms with Crippen molar-refractivity contribution in [2.75, 3.05) is 6.54 Å². The van der Waals surface area contributed by atoms with Crippen LogP contribution >= 0.6 is 0 Å². The molecule has 0 bridgehead atoms. The highest BCUT2D eigenvalue weighted by atomic mass is 16.6. The van der Waals surface area contributed by atoms with Crippen LogP contribution < -0.4 is 0 Å². The number of fused-ring (bicyclic) bond motifs is 4. The molecule has 2 N–H and O–H groups in total. The van der Waals surface area contributed by atoms with Crippen LogP contribution in [0.15, 0.2) is 54.7 Å². The first-order valence-corrected chi connectivity index (χ1v) is 12.9. The Bertz CT molecular complexity index is 1600. The molecule has 9 heteroatoms. The first-order chi connectivity index (χ1) is 18.3. The number of imide groups is 1. The summed E-state index contributed by atoms with van der Waals surface area (Å²) in [6.07, 6.45) is -1.06. The van der Waals surface area contributed by atoms with Gasteiger partial charge in [-0.1, -0.05) is 36.4 Å². The van der Waals surface area contributed by atoms with Crippen molar-refractivity contribution < 1.29 is 29.0 Å². The van der Waals surface area contributed by atoms with Crippen molar-refractivity contribution in [2.45, 2.75) is 64.8 Å². The standard InChI is InChI=1S/C30H33N3O6/c1-29(2,3)38-27(36)32-16-22(34)23(19-15-31-20-13-9-7-11-17(19)20)24-18-12-8-10-14-21(18)33(25(24)26(32)35)28(37)39-30(4,5)6/h7-15,22-23,31,34H,16H2,1-6H3/t22-,23+/m1/s1. The zero-order chi connectivity index (χ0) is 28.3. The van der Waals surface area contributed by atoms with Crippen molar-refractivity contribution in [3.63, 3.8) is 0 Å². The Balaban J connectivity index is 1.82. The summed E-state index contributed by atoms with van der Waals surface area (Å²) in [4.78, 5) is 45.3. The third kappa shape index (κ3) is 4.78. The Labute approximate surface area is 226 Å². The van der Waals surface area contributed by atoms with Crippen LogP contribution in [0.4, 0.5) is 9.59 Å². The van der Waals surface area contributed by atoms with Crippen LogP contribution in [0.2, 0.25) is 0 Å². The number of rotatable bonds is 1. The minimum Gasteiger partial charge on any atom is -0.443 e. The van der Waals surface area contributed by atoms with E-state index in [1.165, 1.54) is 4.57 Å². The molecular formula is C30H33N3O6. The second kappa shape index (κ2) is 9.27. The van der Waals surface area contributed by atoms with Crippen molar-refractivity contribution in [1.29, 1.82) is 0 Å². The number of aromatic nitrogens is 2. The maximum atomic E-state index is 14.2. The first-order valence-electron chi connectivity index (χ1n) is 12.9. The summed E-state index contributed by atoms with van der Waals surface area (Å²) in [5.41, 5.74) is 0.720. The Morgan fingerprint density at radius 1 is 0.897 bits per heavy atom. The van der Waals surface area contributed by atoms with Gasteiger partial charge in [-0.05, 0) is 59.2 Å². The van der Waals surface area contributed by atoms with Crippen LogP contribution in [0.1, 0.15) is 69.1 Å². The molecule has 1 aliphatic heterocycles. The van der Waals surface area contributed by atoms with E-state index in [-0.39, 0.29) is 12.2 Å². The van der Waals surface area contributed by atoms with Crippen molar-refractivity contribution in [3.8, 4) is 0 Å². The molecule has 39 heavy (non-hydrogen) atoms. The summed E-state index contributed by atoms with van der Waals surface area (Å²) in [5, 5.41) is 13.2. The van der Waals surface area contributed by atoms with E-state index in [1.54, 1.807) is 65.9 Å². The minimum absolute atomic E-state index is 0.0388. The van der Waals surface area contributed by atoms with E-state index in [9.17, 15) is 19.5 Å². The molecule has 204 valence electrons. The number of nitrogens with one attached hydrogen (secondary N) is 1. The molecule has 2 amide bonds. The largest absolute Gasteiger partial charge is 0.443 e. The lowest BCUT2D eigenvalue weighted by Crippen LogP contribution is -2.45. The molecule has 3 heterocycles. The third-order valence-electron chi connectivity index (χ3n) is 6.57. The zero-order valence-corrected chi connectivity index (χ0v) is 22.9. The van der Waals surface area contributed by atoms with E-state index in [1.807, 2.05) is 30.3 Å². The number of aliphatic hydroxyl groups excluding tert-OH is 1. The molecule has 0 saturated heterocycles. The van der Waals surface area contributed by atoms with Crippen LogP contribution in [0.5, 0.6) is 0 Å². The van der Waals surface area contributed by atoms with E-state index >= 15 is 0 Å². The van der Waals surface area contributed by atoms with Gasteiger partial charge in [0.1, 0.15) is 16.9 Å². The lowest BCUT2D eigenvalue weighted by Gasteiger charge is -2.27. The summed E-state index contributed by atoms with van der Waals surface area (Å²) in [6.45, 7) is 9.98. The van der Waals surface area contributed by atoms with Gasteiger partial charge < -0.3 is 19.6 Å². The summed E-state index contributed by atoms with van der Waals surface area (Å²) in [7, 11) is 0. The van der Waals surface area contributed by atoms with Crippen LogP contribution in [-0.4, -0.2) is 61.5 Å². The van der Waals surface area contributed by atoms with Gasteiger partial charge in [-0.15, -0.1) is 0 Å². The molecule has 9 nitrogen and oxygen atoms in total. The molecule has 0 aliphatic carbocycles. The van der Waals surface area contributed by atoms with E-state index in [0.29, 0.717) is 16.5 Å². The molecule has 2 aromatic heterocycles. The van der Waals surface area contributed by atoms with Crippen LogP contribution in [-0.2, 0) is 9.47 Å². The number of para-hydroxylation sites is 2. The second-order valence-electron chi connectivity index (χ2n) is 11.8. The van der Waals surface area contributed by atoms with Gasteiger partial charge >= 0.3 is 12.2 Å². The highest BCUT2D eigenvalue weighted by molar-refractivity contribution is 6.11. The molecule has 2 aromatic carbocycles. The molecule has 0 unspecified atom stereocenters. The maximum Gasteiger partial charge on any atom is 0.419 e. The normalized spacial score (nSPS) is 18.2. The molecule has 0 fully saturated rings. The third-order valence-corrected chi connectivity index (χ3v) is 6.57. The van der Waals surface area contributed by atoms with Crippen LogP contribution in [0.3, 0.4) is 0 Å². The fourth-order valence-corrected chi connectivity index (χ4v) is 5.17. The number of ether oxygens (including phenoxy) is 2. The molecule has 2 atom stereocenters. The maximum absolute atomic E-state index is 14.2. The molecular weight excluding hydrogens is 498 g/mol. The minimum atomic E-state index is -1.19. The number of hydrogen-bond donors (Lipinski definition) is 2. The Kier molecular flexibility index (Phi) is 6.30. The average molecular weight is 532 g/mol. The SMILES string of the molecule is CC(C)(C)OC(=O)N1C[C@@H](O)[C@H](c2c[nH]c3ccccc23)c2c(n(C(=O)OC(C)(C)C)c3ccccc23)C1=O. The predicted molar refractivity (Wildman–Crippen MR) is 147 cm³/mol. The highest BCUT2D eigenvalue weighted by Crippen LogP contribution is 2.43. The number of benzene rings is 2. The zero-order valence-electron chi connectivity index (χ0n) is 22.9. The fraction of sp³-hybridized carbons (Fsp3) is 0.367. The van der Waals surface area contributed by atoms with Crippen molar-refractivity contribution >= 4 is 39.9 Å². The molecule has 5 rings (SSSR count). The summed E-state index contributed by atoms with van der Waals surface area (Å²) >= 11 is 0. The second-order valence-corrected chi connectivity index (χ2v) is 11.8. The first kappa shape index (κ1) is 26.5. The number of nitrogens with zero attached hydrogens (tertiary/aromatic N) is 2. The number of hydrogen-bond acceptors (Lipinski definition) is 6. The monoisotopic (exact) mass is 531 g/mol. The van der Waals surface area contributed by atoms with Gasteiger partial charge in [0.25, 0.3) is 5.91 Å². The topological polar surface area (TPSA) is 114 Å². The number of amides is 2. The number of carbonyl (C=O) groups is 3. The van der Waals surface area contributed by atoms with E-state index < -0.39 is 41.3 Å². The molecule has 0 saturated carbocycles. The Hall–Kier alpha value is -4.11. The van der Waals surface area contributed by atoms with Gasteiger partial charge in [0, 0.05) is 34.0 Å². The van der Waals surface area contributed by atoms with E-state index in [2.05, 4.69) is 4.98 Å². The molecule has 1 aliphatic rings. The van der Waals surface area contributed by atoms with Crippen molar-refractivity contribution in [1.82, 2.24) is 14.5 Å². The Morgan fingerprint density at radius 3 is 2.15 bits per heavy atom. The molecule has 0 spiro atoms. The lowest BCUT2D eigenvalue weighted by molar-refractivity contribution is 0.0148. The van der Waals surface area contributed by atoms with Gasteiger partial charge in [-0.3, -0.25) is 4.79 Å².